The molecule has 3 rings (SSSR count). The Hall–Kier alpha value is -2.36. The van der Waals surface area contributed by atoms with Gasteiger partial charge in [0.25, 0.3) is 0 Å². The fraction of sp³-hybridized carbons (Fsp3) is 0.182. The lowest BCUT2D eigenvalue weighted by Crippen LogP contribution is -2.16. The number of benzene rings is 3. The monoisotopic (exact) mass is 369 g/mol. The normalized spacial score (nSPS) is 10.7. The molecule has 0 aromatic heterocycles. The molecule has 0 saturated carbocycles. The number of halogens is 2. The van der Waals surface area contributed by atoms with E-state index in [9.17, 15) is 4.39 Å². The van der Waals surface area contributed by atoms with Crippen LogP contribution in [0.15, 0.2) is 72.8 Å². The second-order valence-electron chi connectivity index (χ2n) is 6.08. The predicted molar refractivity (Wildman–Crippen MR) is 104 cm³/mol. The highest BCUT2D eigenvalue weighted by atomic mass is 35.5. The molecular formula is C22H21ClFNO. The third-order valence-corrected chi connectivity index (χ3v) is 4.45. The number of ether oxygens (including phenoxy) is 1. The SMILES string of the molecule is Fc1ccc(CCNCc2cccc(OCc3ccccc3Cl)c2)cc1. The van der Waals surface area contributed by atoms with E-state index in [1.807, 2.05) is 54.6 Å². The largest absolute Gasteiger partial charge is 0.489 e. The van der Waals surface area contributed by atoms with Crippen molar-refractivity contribution >= 4 is 11.6 Å². The number of hydrogen-bond acceptors (Lipinski definition) is 2. The summed E-state index contributed by atoms with van der Waals surface area (Å²) in [5.41, 5.74) is 3.24. The predicted octanol–water partition coefficient (Wildman–Crippen LogP) is 5.39. The standard InChI is InChI=1S/C22H21ClFNO/c23-22-7-2-1-5-19(22)16-26-21-6-3-4-18(14-21)15-25-13-12-17-8-10-20(24)11-9-17/h1-11,14,25H,12-13,15-16H2. The topological polar surface area (TPSA) is 21.3 Å². The van der Waals surface area contributed by atoms with Crippen molar-refractivity contribution in [1.82, 2.24) is 5.32 Å². The summed E-state index contributed by atoms with van der Waals surface area (Å²) in [4.78, 5) is 0. The minimum atomic E-state index is -0.199. The quantitative estimate of drug-likeness (QED) is 0.537. The van der Waals surface area contributed by atoms with Crippen LogP contribution in [-0.4, -0.2) is 6.54 Å². The molecule has 1 N–H and O–H groups in total. The zero-order chi connectivity index (χ0) is 18.2. The van der Waals surface area contributed by atoms with Gasteiger partial charge >= 0.3 is 0 Å². The van der Waals surface area contributed by atoms with Gasteiger partial charge in [0, 0.05) is 17.1 Å². The first kappa shape index (κ1) is 18.4. The maximum Gasteiger partial charge on any atom is 0.123 e. The molecule has 3 aromatic carbocycles. The summed E-state index contributed by atoms with van der Waals surface area (Å²) >= 11 is 6.15. The Labute approximate surface area is 158 Å². The van der Waals surface area contributed by atoms with Crippen LogP contribution in [0.3, 0.4) is 0 Å². The van der Waals surface area contributed by atoms with Crippen LogP contribution in [0.1, 0.15) is 16.7 Å². The Morgan fingerprint density at radius 2 is 1.69 bits per heavy atom. The Bertz CT molecular complexity index is 836. The number of rotatable bonds is 8. The molecule has 0 aliphatic heterocycles. The highest BCUT2D eigenvalue weighted by Crippen LogP contribution is 2.19. The summed E-state index contributed by atoms with van der Waals surface area (Å²) in [7, 11) is 0. The number of nitrogens with one attached hydrogen (secondary N) is 1. The van der Waals surface area contributed by atoms with Gasteiger partial charge < -0.3 is 10.1 Å². The van der Waals surface area contributed by atoms with Crippen molar-refractivity contribution in [3.05, 3.63) is 100 Å². The maximum atomic E-state index is 12.9. The Balaban J connectivity index is 1.46. The first-order valence-electron chi connectivity index (χ1n) is 8.61. The van der Waals surface area contributed by atoms with Gasteiger partial charge in [0.05, 0.1) is 0 Å². The molecule has 3 aromatic rings. The summed E-state index contributed by atoms with van der Waals surface area (Å²) in [5.74, 6) is 0.623. The van der Waals surface area contributed by atoms with E-state index in [-0.39, 0.29) is 5.82 Å². The lowest BCUT2D eigenvalue weighted by molar-refractivity contribution is 0.306. The molecule has 0 saturated heterocycles. The van der Waals surface area contributed by atoms with Gasteiger partial charge in [-0.05, 0) is 54.4 Å². The van der Waals surface area contributed by atoms with Crippen molar-refractivity contribution in [1.29, 1.82) is 0 Å². The van der Waals surface area contributed by atoms with Crippen LogP contribution in [0.25, 0.3) is 0 Å². The Morgan fingerprint density at radius 1 is 0.885 bits per heavy atom. The molecular weight excluding hydrogens is 349 g/mol. The van der Waals surface area contributed by atoms with E-state index in [0.717, 1.165) is 42.0 Å². The van der Waals surface area contributed by atoms with Crippen LogP contribution >= 0.6 is 11.6 Å². The van der Waals surface area contributed by atoms with Crippen molar-refractivity contribution in [3.63, 3.8) is 0 Å². The Morgan fingerprint density at radius 3 is 2.50 bits per heavy atom. The molecule has 0 bridgehead atoms. The molecule has 0 spiro atoms. The summed E-state index contributed by atoms with van der Waals surface area (Å²) in [6.07, 6.45) is 0.864. The summed E-state index contributed by atoms with van der Waals surface area (Å²) in [6.45, 7) is 2.03. The molecule has 4 heteroatoms. The van der Waals surface area contributed by atoms with Gasteiger partial charge in [0.2, 0.25) is 0 Å². The van der Waals surface area contributed by atoms with E-state index in [2.05, 4.69) is 11.4 Å². The average molecular weight is 370 g/mol. The number of hydrogen-bond donors (Lipinski definition) is 1. The molecule has 0 fully saturated rings. The van der Waals surface area contributed by atoms with Gasteiger partial charge in [-0.1, -0.05) is 54.1 Å². The van der Waals surface area contributed by atoms with E-state index in [1.165, 1.54) is 12.1 Å². The molecule has 0 atom stereocenters. The second kappa shape index (κ2) is 9.37. The van der Waals surface area contributed by atoms with Crippen molar-refractivity contribution in [2.45, 2.75) is 19.6 Å². The van der Waals surface area contributed by atoms with Crippen LogP contribution in [0.2, 0.25) is 5.02 Å². The fourth-order valence-corrected chi connectivity index (χ4v) is 2.83. The van der Waals surface area contributed by atoms with Gasteiger partial charge in [-0.2, -0.15) is 0 Å². The van der Waals surface area contributed by atoms with Crippen LogP contribution in [0.5, 0.6) is 5.75 Å². The fourth-order valence-electron chi connectivity index (χ4n) is 2.64. The van der Waals surface area contributed by atoms with E-state index in [4.69, 9.17) is 16.3 Å². The van der Waals surface area contributed by atoms with E-state index < -0.39 is 0 Å². The summed E-state index contributed by atoms with van der Waals surface area (Å²) < 4.78 is 18.7. The second-order valence-corrected chi connectivity index (χ2v) is 6.49. The van der Waals surface area contributed by atoms with Crippen LogP contribution in [0.4, 0.5) is 4.39 Å². The van der Waals surface area contributed by atoms with Gasteiger partial charge in [-0.15, -0.1) is 0 Å². The minimum Gasteiger partial charge on any atom is -0.489 e. The van der Waals surface area contributed by atoms with Crippen molar-refractivity contribution < 1.29 is 9.13 Å². The highest BCUT2D eigenvalue weighted by Gasteiger charge is 2.02. The molecule has 0 aliphatic carbocycles. The van der Waals surface area contributed by atoms with Crippen molar-refractivity contribution in [3.8, 4) is 5.75 Å². The zero-order valence-electron chi connectivity index (χ0n) is 14.4. The van der Waals surface area contributed by atoms with Crippen LogP contribution in [0, 0.1) is 5.82 Å². The van der Waals surface area contributed by atoms with Gasteiger partial charge in [-0.3, -0.25) is 0 Å². The molecule has 26 heavy (non-hydrogen) atoms. The molecule has 0 aliphatic rings. The first-order chi connectivity index (χ1) is 12.7. The smallest absolute Gasteiger partial charge is 0.123 e. The van der Waals surface area contributed by atoms with E-state index in [0.29, 0.717) is 11.6 Å². The first-order valence-corrected chi connectivity index (χ1v) is 8.99. The van der Waals surface area contributed by atoms with E-state index >= 15 is 0 Å². The molecule has 0 radical (unpaired) electrons. The third kappa shape index (κ3) is 5.58. The lowest BCUT2D eigenvalue weighted by Gasteiger charge is -2.10. The van der Waals surface area contributed by atoms with Gasteiger partial charge in [0.1, 0.15) is 18.2 Å². The molecule has 0 amide bonds. The van der Waals surface area contributed by atoms with Crippen molar-refractivity contribution in [2.24, 2.45) is 0 Å². The zero-order valence-corrected chi connectivity index (χ0v) is 15.2. The van der Waals surface area contributed by atoms with E-state index in [1.54, 1.807) is 0 Å². The van der Waals surface area contributed by atoms with Crippen LogP contribution < -0.4 is 10.1 Å². The third-order valence-electron chi connectivity index (χ3n) is 4.08. The van der Waals surface area contributed by atoms with Gasteiger partial charge in [0.15, 0.2) is 0 Å². The maximum absolute atomic E-state index is 12.9. The average Bonchev–Trinajstić information content (AvgIpc) is 2.66. The molecule has 134 valence electrons. The van der Waals surface area contributed by atoms with Crippen molar-refractivity contribution in [2.75, 3.05) is 6.54 Å². The molecule has 0 unspecified atom stereocenters. The molecule has 0 heterocycles. The van der Waals surface area contributed by atoms with Crippen LogP contribution in [-0.2, 0) is 19.6 Å². The lowest BCUT2D eigenvalue weighted by atomic mass is 10.1. The highest BCUT2D eigenvalue weighted by molar-refractivity contribution is 6.31. The Kier molecular flexibility index (Phi) is 6.64. The summed E-state index contributed by atoms with van der Waals surface area (Å²) in [6, 6.07) is 22.3. The summed E-state index contributed by atoms with van der Waals surface area (Å²) in [5, 5.41) is 4.12. The van der Waals surface area contributed by atoms with Gasteiger partial charge in [-0.25, -0.2) is 4.39 Å². The molecule has 2 nitrogen and oxygen atoms in total. The minimum absolute atomic E-state index is 0.199.